The quantitative estimate of drug-likeness (QED) is 0.739. The van der Waals surface area contributed by atoms with Gasteiger partial charge in [-0.05, 0) is 26.0 Å². The van der Waals surface area contributed by atoms with Crippen LogP contribution in [0.3, 0.4) is 0 Å². The molecule has 1 aromatic rings. The Labute approximate surface area is 80.6 Å². The van der Waals surface area contributed by atoms with E-state index in [1.54, 1.807) is 0 Å². The average Bonchev–Trinajstić information content (AvgIpc) is 2.22. The smallest absolute Gasteiger partial charge is 0.0319 e. The molecule has 0 aromatic heterocycles. The van der Waals surface area contributed by atoms with E-state index in [0.29, 0.717) is 6.04 Å². The molecule has 2 heteroatoms. The van der Waals surface area contributed by atoms with Gasteiger partial charge in [-0.15, -0.1) is 0 Å². The van der Waals surface area contributed by atoms with Crippen LogP contribution in [-0.4, -0.2) is 25.3 Å². The minimum absolute atomic E-state index is 0.567. The van der Waals surface area contributed by atoms with Crippen molar-refractivity contribution in [1.29, 1.82) is 0 Å². The standard InChI is InChI=1S/C10H15N.CH4O/c1-9(11-2)8-10-6-4-3-5-7-10;1-2/h3-7,9,11H,8H2,1-2H3;2H,1H3. The molecule has 0 aliphatic carbocycles. The Bertz CT molecular complexity index is 199. The molecule has 1 rings (SSSR count). The van der Waals surface area contributed by atoms with Gasteiger partial charge in [0.2, 0.25) is 0 Å². The normalized spacial score (nSPS) is 11.4. The van der Waals surface area contributed by atoms with E-state index >= 15 is 0 Å². The molecule has 0 heterocycles. The van der Waals surface area contributed by atoms with Crippen molar-refractivity contribution in [3.63, 3.8) is 0 Å². The maximum Gasteiger partial charge on any atom is 0.0319 e. The summed E-state index contributed by atoms with van der Waals surface area (Å²) in [6.07, 6.45) is 1.11. The zero-order valence-electron chi connectivity index (χ0n) is 8.62. The Hall–Kier alpha value is -0.860. The number of rotatable bonds is 3. The molecule has 1 unspecified atom stereocenters. The summed E-state index contributed by atoms with van der Waals surface area (Å²) in [7, 11) is 2.99. The SMILES string of the molecule is CNC(C)Cc1ccccc1.CO. The summed E-state index contributed by atoms with van der Waals surface area (Å²) in [5, 5.41) is 10.2. The highest BCUT2D eigenvalue weighted by Gasteiger charge is 1.97. The van der Waals surface area contributed by atoms with Gasteiger partial charge in [-0.25, -0.2) is 0 Å². The molecule has 0 aliphatic rings. The van der Waals surface area contributed by atoms with Gasteiger partial charge in [0.25, 0.3) is 0 Å². The van der Waals surface area contributed by atoms with Crippen LogP contribution in [0, 0.1) is 0 Å². The summed E-state index contributed by atoms with van der Waals surface area (Å²) in [6, 6.07) is 11.1. The fourth-order valence-corrected chi connectivity index (χ4v) is 1.07. The second-order valence-corrected chi connectivity index (χ2v) is 2.88. The molecule has 0 amide bonds. The van der Waals surface area contributed by atoms with Crippen molar-refractivity contribution in [2.24, 2.45) is 0 Å². The predicted molar refractivity (Wildman–Crippen MR) is 56.8 cm³/mol. The highest BCUT2D eigenvalue weighted by Crippen LogP contribution is 2.01. The van der Waals surface area contributed by atoms with Gasteiger partial charge >= 0.3 is 0 Å². The van der Waals surface area contributed by atoms with Crippen molar-refractivity contribution in [3.05, 3.63) is 35.9 Å². The second kappa shape index (κ2) is 7.77. The van der Waals surface area contributed by atoms with Gasteiger partial charge in [-0.1, -0.05) is 30.3 Å². The maximum atomic E-state index is 7.00. The van der Waals surface area contributed by atoms with Crippen LogP contribution in [0.25, 0.3) is 0 Å². The topological polar surface area (TPSA) is 32.3 Å². The van der Waals surface area contributed by atoms with E-state index in [4.69, 9.17) is 5.11 Å². The Balaban J connectivity index is 0.000000671. The predicted octanol–water partition coefficient (Wildman–Crippen LogP) is 1.45. The van der Waals surface area contributed by atoms with E-state index in [9.17, 15) is 0 Å². The van der Waals surface area contributed by atoms with Crippen molar-refractivity contribution in [3.8, 4) is 0 Å². The number of nitrogens with one attached hydrogen (secondary N) is 1. The highest BCUT2D eigenvalue weighted by molar-refractivity contribution is 5.15. The molecule has 2 nitrogen and oxygen atoms in total. The van der Waals surface area contributed by atoms with Crippen LogP contribution in [-0.2, 0) is 6.42 Å². The molecule has 0 fully saturated rings. The zero-order valence-corrected chi connectivity index (χ0v) is 8.62. The lowest BCUT2D eigenvalue weighted by Gasteiger charge is -2.08. The summed E-state index contributed by atoms with van der Waals surface area (Å²) in [6.45, 7) is 2.19. The third-order valence-electron chi connectivity index (χ3n) is 1.88. The summed E-state index contributed by atoms with van der Waals surface area (Å²) < 4.78 is 0. The lowest BCUT2D eigenvalue weighted by molar-refractivity contribution is 0.399. The van der Waals surface area contributed by atoms with Gasteiger partial charge in [0.15, 0.2) is 0 Å². The van der Waals surface area contributed by atoms with Crippen molar-refractivity contribution < 1.29 is 5.11 Å². The third kappa shape index (κ3) is 5.39. The monoisotopic (exact) mass is 181 g/mol. The summed E-state index contributed by atoms with van der Waals surface area (Å²) in [4.78, 5) is 0. The first kappa shape index (κ1) is 12.1. The number of hydrogen-bond donors (Lipinski definition) is 2. The largest absolute Gasteiger partial charge is 0.400 e. The molecule has 0 radical (unpaired) electrons. The van der Waals surface area contributed by atoms with Crippen molar-refractivity contribution in [1.82, 2.24) is 5.32 Å². The number of benzene rings is 1. The van der Waals surface area contributed by atoms with Crippen LogP contribution < -0.4 is 5.32 Å². The van der Waals surface area contributed by atoms with E-state index in [2.05, 4.69) is 36.5 Å². The van der Waals surface area contributed by atoms with E-state index in [1.165, 1.54) is 5.56 Å². The van der Waals surface area contributed by atoms with Crippen LogP contribution in [0.15, 0.2) is 30.3 Å². The van der Waals surface area contributed by atoms with Crippen LogP contribution >= 0.6 is 0 Å². The first-order valence-electron chi connectivity index (χ1n) is 4.49. The van der Waals surface area contributed by atoms with Crippen molar-refractivity contribution in [2.45, 2.75) is 19.4 Å². The lowest BCUT2D eigenvalue weighted by Crippen LogP contribution is -2.23. The molecule has 0 spiro atoms. The zero-order chi connectivity index (χ0) is 10.1. The van der Waals surface area contributed by atoms with E-state index in [1.807, 2.05) is 13.1 Å². The molecule has 0 saturated heterocycles. The number of aliphatic hydroxyl groups is 1. The summed E-state index contributed by atoms with van der Waals surface area (Å²) in [5.74, 6) is 0. The lowest BCUT2D eigenvalue weighted by atomic mass is 10.1. The first-order valence-corrected chi connectivity index (χ1v) is 4.49. The molecular weight excluding hydrogens is 162 g/mol. The molecule has 0 bridgehead atoms. The minimum atomic E-state index is 0.567. The fourth-order valence-electron chi connectivity index (χ4n) is 1.07. The van der Waals surface area contributed by atoms with E-state index < -0.39 is 0 Å². The molecule has 74 valence electrons. The van der Waals surface area contributed by atoms with E-state index in [0.717, 1.165) is 13.5 Å². The van der Waals surface area contributed by atoms with Gasteiger partial charge in [-0.3, -0.25) is 0 Å². The Morgan fingerprint density at radius 3 is 2.23 bits per heavy atom. The Kier molecular flexibility index (Phi) is 7.26. The van der Waals surface area contributed by atoms with Gasteiger partial charge in [0, 0.05) is 13.2 Å². The van der Waals surface area contributed by atoms with Crippen LogP contribution in [0.5, 0.6) is 0 Å². The highest BCUT2D eigenvalue weighted by atomic mass is 16.2. The van der Waals surface area contributed by atoms with Crippen molar-refractivity contribution >= 4 is 0 Å². The van der Waals surface area contributed by atoms with Gasteiger partial charge in [0.1, 0.15) is 0 Å². The van der Waals surface area contributed by atoms with Gasteiger partial charge < -0.3 is 10.4 Å². The maximum absolute atomic E-state index is 7.00. The second-order valence-electron chi connectivity index (χ2n) is 2.88. The van der Waals surface area contributed by atoms with Gasteiger partial charge in [-0.2, -0.15) is 0 Å². The van der Waals surface area contributed by atoms with Crippen LogP contribution in [0.1, 0.15) is 12.5 Å². The molecule has 1 atom stereocenters. The molecule has 2 N–H and O–H groups in total. The minimum Gasteiger partial charge on any atom is -0.400 e. The average molecular weight is 181 g/mol. The number of hydrogen-bond acceptors (Lipinski definition) is 2. The van der Waals surface area contributed by atoms with E-state index in [-0.39, 0.29) is 0 Å². The Morgan fingerprint density at radius 1 is 1.23 bits per heavy atom. The summed E-state index contributed by atoms with van der Waals surface area (Å²) in [5.41, 5.74) is 1.40. The summed E-state index contributed by atoms with van der Waals surface area (Å²) >= 11 is 0. The number of likely N-dealkylation sites (N-methyl/N-ethyl adjacent to an activating group) is 1. The molecule has 1 aromatic carbocycles. The fraction of sp³-hybridized carbons (Fsp3) is 0.455. The molecule has 13 heavy (non-hydrogen) atoms. The third-order valence-corrected chi connectivity index (χ3v) is 1.88. The molecular formula is C11H19NO. The van der Waals surface area contributed by atoms with Gasteiger partial charge in [0.05, 0.1) is 0 Å². The van der Waals surface area contributed by atoms with Crippen LogP contribution in [0.2, 0.25) is 0 Å². The Morgan fingerprint density at radius 2 is 1.77 bits per heavy atom. The number of aliphatic hydroxyl groups excluding tert-OH is 1. The van der Waals surface area contributed by atoms with Crippen molar-refractivity contribution in [2.75, 3.05) is 14.2 Å². The first-order chi connectivity index (χ1) is 6.33. The molecule has 0 aliphatic heterocycles. The molecule has 0 saturated carbocycles. The van der Waals surface area contributed by atoms with Crippen LogP contribution in [0.4, 0.5) is 0 Å².